The van der Waals surface area contributed by atoms with Crippen molar-refractivity contribution in [2.24, 2.45) is 0 Å². The lowest BCUT2D eigenvalue weighted by Crippen LogP contribution is -2.52. The van der Waals surface area contributed by atoms with Crippen molar-refractivity contribution in [2.45, 2.75) is 12.5 Å². The molecular formula is C6H10N2O3S. The van der Waals surface area contributed by atoms with Gasteiger partial charge in [-0.2, -0.15) is 0 Å². The molecule has 2 N–H and O–H groups in total. The third-order valence-electron chi connectivity index (χ3n) is 1.67. The van der Waals surface area contributed by atoms with Gasteiger partial charge in [-0.05, 0) is 0 Å². The van der Waals surface area contributed by atoms with Crippen molar-refractivity contribution >= 4 is 24.7 Å². The Morgan fingerprint density at radius 2 is 2.50 bits per heavy atom. The molecule has 1 saturated heterocycles. The van der Waals surface area contributed by atoms with Gasteiger partial charge in [0.1, 0.15) is 6.04 Å². The van der Waals surface area contributed by atoms with Crippen LogP contribution in [0.5, 0.6) is 0 Å². The quantitative estimate of drug-likeness (QED) is 0.494. The Balaban J connectivity index is 2.57. The number of piperazine rings is 1. The Hall–Kier alpha value is -0.750. The zero-order valence-corrected chi connectivity index (χ0v) is 7.25. The first-order valence-corrected chi connectivity index (χ1v) is 3.96. The number of carboxylic acid groups (broad SMARTS) is 1. The van der Waals surface area contributed by atoms with E-state index in [1.165, 1.54) is 4.31 Å². The third kappa shape index (κ3) is 2.12. The van der Waals surface area contributed by atoms with Crippen LogP contribution in [0.3, 0.4) is 0 Å². The number of carbonyl (C=O) groups is 2. The molecule has 5 nitrogen and oxygen atoms in total. The molecule has 0 saturated carbocycles. The fraction of sp³-hybridized carbons (Fsp3) is 0.667. The van der Waals surface area contributed by atoms with Crippen LogP contribution in [-0.2, 0) is 9.59 Å². The van der Waals surface area contributed by atoms with Gasteiger partial charge in [-0.15, -0.1) is 0 Å². The molecule has 68 valence electrons. The van der Waals surface area contributed by atoms with Crippen molar-refractivity contribution in [3.8, 4) is 0 Å². The molecule has 12 heavy (non-hydrogen) atoms. The summed E-state index contributed by atoms with van der Waals surface area (Å²) in [5, 5.41) is 11.0. The number of nitrogens with one attached hydrogen (secondary N) is 1. The second-order valence-electron chi connectivity index (χ2n) is 2.57. The van der Waals surface area contributed by atoms with Crippen LogP contribution in [0.1, 0.15) is 6.42 Å². The van der Waals surface area contributed by atoms with Crippen LogP contribution >= 0.6 is 12.8 Å². The first-order chi connectivity index (χ1) is 5.61. The first kappa shape index (κ1) is 9.34. The van der Waals surface area contributed by atoms with Gasteiger partial charge in [-0.1, -0.05) is 12.8 Å². The van der Waals surface area contributed by atoms with E-state index in [4.69, 9.17) is 5.11 Å². The van der Waals surface area contributed by atoms with Crippen LogP contribution in [0.4, 0.5) is 0 Å². The second-order valence-corrected chi connectivity index (χ2v) is 3.08. The van der Waals surface area contributed by atoms with Gasteiger partial charge >= 0.3 is 5.97 Å². The summed E-state index contributed by atoms with van der Waals surface area (Å²) in [5.74, 6) is -1.25. The number of aliphatic carboxylic acids is 1. The van der Waals surface area contributed by atoms with Crippen molar-refractivity contribution < 1.29 is 14.7 Å². The van der Waals surface area contributed by atoms with E-state index in [0.29, 0.717) is 13.1 Å². The van der Waals surface area contributed by atoms with Crippen molar-refractivity contribution in [3.63, 3.8) is 0 Å². The SMILES string of the molecule is O=C(O)CC1C(=O)NCCN1S. The molecule has 1 aliphatic rings. The lowest BCUT2D eigenvalue weighted by Gasteiger charge is -2.29. The highest BCUT2D eigenvalue weighted by molar-refractivity contribution is 7.77. The zero-order valence-electron chi connectivity index (χ0n) is 6.36. The minimum Gasteiger partial charge on any atom is -0.481 e. The van der Waals surface area contributed by atoms with Gasteiger partial charge in [-0.3, -0.25) is 9.59 Å². The monoisotopic (exact) mass is 190 g/mol. The molecule has 1 atom stereocenters. The molecule has 1 fully saturated rings. The second kappa shape index (κ2) is 3.77. The van der Waals surface area contributed by atoms with Crippen LogP contribution in [0.2, 0.25) is 0 Å². The average Bonchev–Trinajstić information content (AvgIpc) is 1.97. The Labute approximate surface area is 75.3 Å². The van der Waals surface area contributed by atoms with E-state index in [9.17, 15) is 9.59 Å². The summed E-state index contributed by atoms with van der Waals surface area (Å²) in [7, 11) is 0. The smallest absolute Gasteiger partial charge is 0.305 e. The van der Waals surface area contributed by atoms with E-state index in [1.807, 2.05) is 0 Å². The van der Waals surface area contributed by atoms with Gasteiger partial charge in [0.05, 0.1) is 6.42 Å². The number of nitrogens with zero attached hydrogens (tertiary/aromatic N) is 1. The highest BCUT2D eigenvalue weighted by Gasteiger charge is 2.29. The lowest BCUT2D eigenvalue weighted by molar-refractivity contribution is -0.141. The predicted octanol–water partition coefficient (Wildman–Crippen LogP) is -0.894. The summed E-state index contributed by atoms with van der Waals surface area (Å²) in [6.07, 6.45) is -0.199. The van der Waals surface area contributed by atoms with Crippen molar-refractivity contribution in [1.82, 2.24) is 9.62 Å². The summed E-state index contributed by atoms with van der Waals surface area (Å²) in [4.78, 5) is 21.4. The highest BCUT2D eigenvalue weighted by atomic mass is 32.1. The van der Waals surface area contributed by atoms with Crippen LogP contribution in [-0.4, -0.2) is 40.4 Å². The Morgan fingerprint density at radius 1 is 1.83 bits per heavy atom. The molecule has 0 aliphatic carbocycles. The fourth-order valence-electron chi connectivity index (χ4n) is 1.07. The lowest BCUT2D eigenvalue weighted by atomic mass is 10.1. The molecule has 1 amide bonds. The van der Waals surface area contributed by atoms with Crippen molar-refractivity contribution in [2.75, 3.05) is 13.1 Å². The van der Waals surface area contributed by atoms with E-state index in [1.54, 1.807) is 0 Å². The molecule has 1 rings (SSSR count). The van der Waals surface area contributed by atoms with Gasteiger partial charge in [-0.25, -0.2) is 4.31 Å². The maximum absolute atomic E-state index is 11.1. The third-order valence-corrected chi connectivity index (χ3v) is 2.15. The number of thiol groups is 1. The molecule has 0 spiro atoms. The van der Waals surface area contributed by atoms with E-state index < -0.39 is 12.0 Å². The molecule has 0 aromatic rings. The van der Waals surface area contributed by atoms with Crippen LogP contribution < -0.4 is 5.32 Å². The van der Waals surface area contributed by atoms with Crippen molar-refractivity contribution in [3.05, 3.63) is 0 Å². The topological polar surface area (TPSA) is 69.6 Å². The predicted molar refractivity (Wildman–Crippen MR) is 44.7 cm³/mol. The van der Waals surface area contributed by atoms with Gasteiger partial charge in [0.25, 0.3) is 0 Å². The summed E-state index contributed by atoms with van der Waals surface area (Å²) in [6, 6.07) is -0.639. The molecular weight excluding hydrogens is 180 g/mol. The van der Waals surface area contributed by atoms with Crippen molar-refractivity contribution in [1.29, 1.82) is 0 Å². The number of hydrogen-bond donors (Lipinski definition) is 3. The molecule has 1 heterocycles. The van der Waals surface area contributed by atoms with Gasteiger partial charge < -0.3 is 10.4 Å². The molecule has 0 aromatic heterocycles. The summed E-state index contributed by atoms with van der Waals surface area (Å²) in [6.45, 7) is 1.10. The Bertz CT molecular complexity index is 209. The normalized spacial score (nSPS) is 25.1. The minimum absolute atomic E-state index is 0.199. The van der Waals surface area contributed by atoms with E-state index in [2.05, 4.69) is 18.1 Å². The maximum atomic E-state index is 11.1. The average molecular weight is 190 g/mol. The van der Waals surface area contributed by atoms with Gasteiger partial charge in [0.2, 0.25) is 5.91 Å². The first-order valence-electron chi connectivity index (χ1n) is 3.56. The molecule has 0 aromatic carbocycles. The highest BCUT2D eigenvalue weighted by Crippen LogP contribution is 2.10. The largest absolute Gasteiger partial charge is 0.481 e. The van der Waals surface area contributed by atoms with E-state index >= 15 is 0 Å². The standard InChI is InChI=1S/C6H10N2O3S/c9-5(10)3-4-6(11)7-1-2-8(4)12/h4,12H,1-3H2,(H,7,11)(H,9,10). The Kier molecular flexibility index (Phi) is 2.93. The van der Waals surface area contributed by atoms with E-state index in [0.717, 1.165) is 0 Å². The number of hydrogen-bond acceptors (Lipinski definition) is 4. The molecule has 1 aliphatic heterocycles. The summed E-state index contributed by atoms with van der Waals surface area (Å²) in [5.41, 5.74) is 0. The van der Waals surface area contributed by atoms with Gasteiger partial charge in [0.15, 0.2) is 0 Å². The zero-order chi connectivity index (χ0) is 9.14. The number of rotatable bonds is 2. The van der Waals surface area contributed by atoms with E-state index in [-0.39, 0.29) is 12.3 Å². The molecule has 0 bridgehead atoms. The van der Waals surface area contributed by atoms with Crippen LogP contribution in [0, 0.1) is 0 Å². The summed E-state index contributed by atoms with van der Waals surface area (Å²) < 4.78 is 1.45. The number of amides is 1. The van der Waals surface area contributed by atoms with Gasteiger partial charge in [0, 0.05) is 13.1 Å². The molecule has 6 heteroatoms. The number of carbonyl (C=O) groups excluding carboxylic acids is 1. The van der Waals surface area contributed by atoms with Crippen LogP contribution in [0.25, 0.3) is 0 Å². The minimum atomic E-state index is -0.990. The number of carboxylic acids is 1. The molecule has 1 unspecified atom stereocenters. The molecule has 0 radical (unpaired) electrons. The summed E-state index contributed by atoms with van der Waals surface area (Å²) >= 11 is 4.00. The fourth-order valence-corrected chi connectivity index (χ4v) is 1.35. The Morgan fingerprint density at radius 3 is 3.00 bits per heavy atom. The van der Waals surface area contributed by atoms with Crippen LogP contribution in [0.15, 0.2) is 0 Å². The maximum Gasteiger partial charge on any atom is 0.305 e.